The van der Waals surface area contributed by atoms with Crippen LogP contribution in [0.4, 0.5) is 0 Å². The molecule has 0 spiro atoms. The molecule has 8 nitrogen and oxygen atoms in total. The third-order valence-corrected chi connectivity index (χ3v) is 4.97. The molecule has 0 saturated heterocycles. The average Bonchev–Trinajstić information content (AvgIpc) is 2.69. The van der Waals surface area contributed by atoms with E-state index in [4.69, 9.17) is 5.73 Å². The summed E-state index contributed by atoms with van der Waals surface area (Å²) in [5, 5.41) is 5.52. The molecule has 0 radical (unpaired) electrons. The van der Waals surface area contributed by atoms with E-state index in [1.807, 2.05) is 27.7 Å². The van der Waals surface area contributed by atoms with Gasteiger partial charge < -0.3 is 21.3 Å². The Morgan fingerprint density at radius 1 is 0.821 bits per heavy atom. The van der Waals surface area contributed by atoms with Crippen LogP contribution in [0.3, 0.4) is 0 Å². The molecule has 0 aromatic heterocycles. The number of hydrogen-bond acceptors (Lipinski definition) is 6. The van der Waals surface area contributed by atoms with Gasteiger partial charge in [0, 0.05) is 39.0 Å². The number of nitrogens with two attached hydrogens (primary N) is 1. The van der Waals surface area contributed by atoms with Gasteiger partial charge in [-0.2, -0.15) is 23.5 Å². The van der Waals surface area contributed by atoms with Crippen LogP contribution in [0.2, 0.25) is 0 Å². The molecule has 0 bridgehead atoms. The van der Waals surface area contributed by atoms with Crippen molar-refractivity contribution in [1.82, 2.24) is 15.5 Å². The molecule has 0 unspecified atom stereocenters. The number of thioether (sulfide) groups is 2. The van der Waals surface area contributed by atoms with Gasteiger partial charge in [0.05, 0.1) is 11.5 Å². The van der Waals surface area contributed by atoms with Crippen LogP contribution >= 0.6 is 23.5 Å². The van der Waals surface area contributed by atoms with Crippen molar-refractivity contribution in [3.05, 3.63) is 0 Å². The SMILES string of the molecule is CC.CCSCC(=O)NCCN(CCNC(=O)CSCC)C(=O)CCC(N)=O. The Bertz CT molecular complexity index is 439. The van der Waals surface area contributed by atoms with E-state index in [2.05, 4.69) is 10.6 Å². The summed E-state index contributed by atoms with van der Waals surface area (Å²) in [5.74, 6) is 1.58. The van der Waals surface area contributed by atoms with Crippen LogP contribution in [-0.2, 0) is 19.2 Å². The van der Waals surface area contributed by atoms with E-state index >= 15 is 0 Å². The van der Waals surface area contributed by atoms with E-state index in [0.717, 1.165) is 11.5 Å². The Kier molecular flexibility index (Phi) is 20.9. The van der Waals surface area contributed by atoms with Gasteiger partial charge >= 0.3 is 0 Å². The molecule has 4 amide bonds. The molecule has 0 aromatic carbocycles. The second-order valence-electron chi connectivity index (χ2n) is 5.32. The molecule has 164 valence electrons. The Balaban J connectivity index is 0. The first-order valence-corrected chi connectivity index (χ1v) is 12.0. The monoisotopic (exact) mass is 436 g/mol. The zero-order chi connectivity index (χ0) is 21.8. The van der Waals surface area contributed by atoms with Crippen LogP contribution in [0.5, 0.6) is 0 Å². The van der Waals surface area contributed by atoms with Gasteiger partial charge in [-0.15, -0.1) is 0 Å². The van der Waals surface area contributed by atoms with E-state index in [1.54, 1.807) is 0 Å². The molecule has 0 saturated carbocycles. The summed E-state index contributed by atoms with van der Waals surface area (Å²) >= 11 is 3.05. The van der Waals surface area contributed by atoms with Crippen molar-refractivity contribution < 1.29 is 19.2 Å². The molecular weight excluding hydrogens is 400 g/mol. The number of primary amides is 1. The van der Waals surface area contributed by atoms with E-state index in [-0.39, 0.29) is 30.6 Å². The van der Waals surface area contributed by atoms with Crippen molar-refractivity contribution in [3.8, 4) is 0 Å². The molecule has 4 N–H and O–H groups in total. The summed E-state index contributed by atoms with van der Waals surface area (Å²) in [4.78, 5) is 47.9. The maximum absolute atomic E-state index is 12.2. The van der Waals surface area contributed by atoms with Gasteiger partial charge in [-0.1, -0.05) is 27.7 Å². The van der Waals surface area contributed by atoms with Crippen LogP contribution in [0, 0.1) is 0 Å². The summed E-state index contributed by atoms with van der Waals surface area (Å²) < 4.78 is 0. The van der Waals surface area contributed by atoms with Crippen LogP contribution < -0.4 is 16.4 Å². The molecule has 10 heteroatoms. The van der Waals surface area contributed by atoms with Gasteiger partial charge in [0.25, 0.3) is 0 Å². The number of nitrogens with one attached hydrogen (secondary N) is 2. The maximum atomic E-state index is 12.2. The Morgan fingerprint density at radius 2 is 1.25 bits per heavy atom. The Hall–Kier alpha value is -1.42. The van der Waals surface area contributed by atoms with Crippen molar-refractivity contribution in [3.63, 3.8) is 0 Å². The van der Waals surface area contributed by atoms with Gasteiger partial charge in [-0.05, 0) is 11.5 Å². The third kappa shape index (κ3) is 18.0. The van der Waals surface area contributed by atoms with Crippen molar-refractivity contribution in [2.45, 2.75) is 40.5 Å². The fraction of sp³-hybridized carbons (Fsp3) is 0.778. The van der Waals surface area contributed by atoms with Crippen LogP contribution in [0.25, 0.3) is 0 Å². The minimum absolute atomic E-state index is 0.0195. The minimum atomic E-state index is -0.534. The molecule has 0 aliphatic rings. The van der Waals surface area contributed by atoms with E-state index in [1.165, 1.54) is 28.4 Å². The molecule has 0 aromatic rings. The lowest BCUT2D eigenvalue weighted by Gasteiger charge is -2.23. The zero-order valence-corrected chi connectivity index (χ0v) is 19.2. The Morgan fingerprint density at radius 3 is 1.61 bits per heavy atom. The number of carbonyl (C=O) groups excluding carboxylic acids is 4. The number of hydrogen-bond donors (Lipinski definition) is 3. The predicted octanol–water partition coefficient (Wildman–Crippen LogP) is 0.845. The van der Waals surface area contributed by atoms with Gasteiger partial charge in [0.1, 0.15) is 0 Å². The maximum Gasteiger partial charge on any atom is 0.230 e. The molecule has 28 heavy (non-hydrogen) atoms. The number of amides is 4. The first-order chi connectivity index (χ1) is 13.4. The second kappa shape index (κ2) is 20.3. The standard InChI is InChI=1S/C16H30N4O4S2.C2H6/c1-3-25-11-14(22)18-7-9-20(16(24)6-5-13(17)21)10-8-19-15(23)12-26-4-2;1-2/h3-12H2,1-2H3,(H2,17,21)(H,18,22)(H,19,23);1-2H3. The van der Waals surface area contributed by atoms with E-state index in [9.17, 15) is 19.2 Å². The quantitative estimate of drug-likeness (QED) is 0.350. The van der Waals surface area contributed by atoms with Crippen molar-refractivity contribution in [2.75, 3.05) is 49.2 Å². The highest BCUT2D eigenvalue weighted by molar-refractivity contribution is 8.00. The highest BCUT2D eigenvalue weighted by atomic mass is 32.2. The lowest BCUT2D eigenvalue weighted by atomic mass is 10.2. The van der Waals surface area contributed by atoms with Crippen molar-refractivity contribution >= 4 is 47.2 Å². The van der Waals surface area contributed by atoms with Gasteiger partial charge in [-0.25, -0.2) is 0 Å². The Labute approximate surface area is 177 Å². The third-order valence-electron chi connectivity index (χ3n) is 3.22. The molecule has 0 heterocycles. The van der Waals surface area contributed by atoms with E-state index in [0.29, 0.717) is 37.7 Å². The molecule has 0 aliphatic heterocycles. The fourth-order valence-electron chi connectivity index (χ4n) is 1.90. The number of carbonyl (C=O) groups is 4. The first-order valence-electron chi connectivity index (χ1n) is 9.65. The summed E-state index contributed by atoms with van der Waals surface area (Å²) in [6.45, 7) is 9.24. The summed E-state index contributed by atoms with van der Waals surface area (Å²) in [6.07, 6.45) is 0.00291. The average molecular weight is 437 g/mol. The van der Waals surface area contributed by atoms with Crippen LogP contribution in [0.1, 0.15) is 40.5 Å². The lowest BCUT2D eigenvalue weighted by Crippen LogP contribution is -2.43. The minimum Gasteiger partial charge on any atom is -0.370 e. The summed E-state index contributed by atoms with van der Waals surface area (Å²) in [5.41, 5.74) is 5.09. The van der Waals surface area contributed by atoms with Crippen LogP contribution in [0.15, 0.2) is 0 Å². The molecular formula is C18H36N4O4S2. The number of nitrogens with zero attached hydrogens (tertiary/aromatic N) is 1. The fourth-order valence-corrected chi connectivity index (χ4v) is 2.88. The summed E-state index contributed by atoms with van der Waals surface area (Å²) in [6, 6.07) is 0. The molecule has 0 fully saturated rings. The smallest absolute Gasteiger partial charge is 0.230 e. The largest absolute Gasteiger partial charge is 0.370 e. The van der Waals surface area contributed by atoms with Gasteiger partial charge in [0.2, 0.25) is 23.6 Å². The molecule has 0 aliphatic carbocycles. The summed E-state index contributed by atoms with van der Waals surface area (Å²) in [7, 11) is 0. The van der Waals surface area contributed by atoms with E-state index < -0.39 is 5.91 Å². The van der Waals surface area contributed by atoms with Crippen LogP contribution in [-0.4, -0.2) is 77.7 Å². The second-order valence-corrected chi connectivity index (χ2v) is 7.87. The topological polar surface area (TPSA) is 122 Å². The van der Waals surface area contributed by atoms with Crippen molar-refractivity contribution in [1.29, 1.82) is 0 Å². The predicted molar refractivity (Wildman–Crippen MR) is 118 cm³/mol. The highest BCUT2D eigenvalue weighted by Gasteiger charge is 2.15. The van der Waals surface area contributed by atoms with Crippen molar-refractivity contribution in [2.24, 2.45) is 5.73 Å². The number of rotatable bonds is 15. The highest BCUT2D eigenvalue weighted by Crippen LogP contribution is 2.00. The van der Waals surface area contributed by atoms with Gasteiger partial charge in [0.15, 0.2) is 0 Å². The first kappa shape index (κ1) is 28.8. The zero-order valence-electron chi connectivity index (χ0n) is 17.5. The molecule has 0 atom stereocenters. The normalized spacial score (nSPS) is 9.71. The molecule has 0 rings (SSSR count). The lowest BCUT2D eigenvalue weighted by molar-refractivity contribution is -0.133. The van der Waals surface area contributed by atoms with Gasteiger partial charge in [-0.3, -0.25) is 19.2 Å².